The second-order valence-corrected chi connectivity index (χ2v) is 4.75. The van der Waals surface area contributed by atoms with Crippen LogP contribution in [0.25, 0.3) is 0 Å². The molecule has 1 heterocycles. The molecular formula is C13H18N2O2. The smallest absolute Gasteiger partial charge is 0.227 e. The summed E-state index contributed by atoms with van der Waals surface area (Å²) in [5.41, 5.74) is -0.0700. The molecule has 0 aliphatic heterocycles. The van der Waals surface area contributed by atoms with Crippen molar-refractivity contribution in [2.75, 3.05) is 5.32 Å². The van der Waals surface area contributed by atoms with E-state index in [2.05, 4.69) is 10.3 Å². The summed E-state index contributed by atoms with van der Waals surface area (Å²) in [6.45, 7) is 0. The van der Waals surface area contributed by atoms with E-state index in [4.69, 9.17) is 0 Å². The van der Waals surface area contributed by atoms with E-state index in [-0.39, 0.29) is 12.3 Å². The summed E-state index contributed by atoms with van der Waals surface area (Å²) in [6, 6.07) is 3.48. The highest BCUT2D eigenvalue weighted by molar-refractivity contribution is 5.91. The molecule has 1 aliphatic rings. The summed E-state index contributed by atoms with van der Waals surface area (Å²) < 4.78 is 0. The normalized spacial score (nSPS) is 18.6. The molecule has 0 atom stereocenters. The standard InChI is InChI=1S/C13H18N2O2/c16-12(15-11-4-8-14-9-5-11)10-13(17)6-2-1-3-7-13/h4-5,8-9,17H,1-3,6-7,10H2,(H,14,15,16). The first-order chi connectivity index (χ1) is 8.18. The number of amides is 1. The molecule has 4 heteroatoms. The first-order valence-electron chi connectivity index (χ1n) is 6.10. The van der Waals surface area contributed by atoms with Crippen LogP contribution in [0, 0.1) is 0 Å². The molecule has 1 amide bonds. The molecule has 1 aromatic rings. The van der Waals surface area contributed by atoms with E-state index < -0.39 is 5.60 Å². The lowest BCUT2D eigenvalue weighted by molar-refractivity contribution is -0.122. The second kappa shape index (κ2) is 5.27. The Morgan fingerprint density at radius 1 is 1.29 bits per heavy atom. The van der Waals surface area contributed by atoms with E-state index in [9.17, 15) is 9.90 Å². The fourth-order valence-electron chi connectivity index (χ4n) is 2.33. The maximum atomic E-state index is 11.8. The van der Waals surface area contributed by atoms with Crippen LogP contribution >= 0.6 is 0 Å². The van der Waals surface area contributed by atoms with Gasteiger partial charge in [-0.15, -0.1) is 0 Å². The number of carbonyl (C=O) groups is 1. The highest BCUT2D eigenvalue weighted by atomic mass is 16.3. The van der Waals surface area contributed by atoms with Gasteiger partial charge >= 0.3 is 0 Å². The molecule has 0 aromatic carbocycles. The van der Waals surface area contributed by atoms with Crippen LogP contribution in [0.15, 0.2) is 24.5 Å². The molecule has 2 rings (SSSR count). The van der Waals surface area contributed by atoms with E-state index in [1.165, 1.54) is 0 Å². The largest absolute Gasteiger partial charge is 0.389 e. The zero-order chi connectivity index (χ0) is 12.1. The number of hydrogen-bond acceptors (Lipinski definition) is 3. The van der Waals surface area contributed by atoms with Crippen LogP contribution in [0.1, 0.15) is 38.5 Å². The quantitative estimate of drug-likeness (QED) is 0.842. The SMILES string of the molecule is O=C(CC1(O)CCCCC1)Nc1ccncc1. The molecule has 0 spiro atoms. The Labute approximate surface area is 101 Å². The molecule has 92 valence electrons. The average Bonchev–Trinajstić information content (AvgIpc) is 2.30. The number of nitrogens with zero attached hydrogens (tertiary/aromatic N) is 1. The summed E-state index contributed by atoms with van der Waals surface area (Å²) in [6.07, 6.45) is 8.10. The zero-order valence-electron chi connectivity index (χ0n) is 9.85. The lowest BCUT2D eigenvalue weighted by Crippen LogP contribution is -2.35. The van der Waals surface area contributed by atoms with Gasteiger partial charge in [-0.3, -0.25) is 9.78 Å². The predicted molar refractivity (Wildman–Crippen MR) is 65.5 cm³/mol. The number of anilines is 1. The van der Waals surface area contributed by atoms with Crippen LogP contribution in [0.2, 0.25) is 0 Å². The number of aliphatic hydroxyl groups is 1. The Hall–Kier alpha value is -1.42. The van der Waals surface area contributed by atoms with Crippen LogP contribution in [-0.4, -0.2) is 21.6 Å². The minimum Gasteiger partial charge on any atom is -0.389 e. The molecule has 1 aromatic heterocycles. The van der Waals surface area contributed by atoms with Crippen molar-refractivity contribution < 1.29 is 9.90 Å². The van der Waals surface area contributed by atoms with Crippen molar-refractivity contribution in [2.24, 2.45) is 0 Å². The fraction of sp³-hybridized carbons (Fsp3) is 0.538. The van der Waals surface area contributed by atoms with Crippen molar-refractivity contribution in [1.82, 2.24) is 4.98 Å². The average molecular weight is 234 g/mol. The van der Waals surface area contributed by atoms with Crippen LogP contribution in [-0.2, 0) is 4.79 Å². The molecule has 1 aliphatic carbocycles. The Balaban J connectivity index is 1.88. The Bertz CT molecular complexity index is 372. The summed E-state index contributed by atoms with van der Waals surface area (Å²) in [7, 11) is 0. The van der Waals surface area contributed by atoms with Gasteiger partial charge in [0.15, 0.2) is 0 Å². The number of pyridine rings is 1. The minimum atomic E-state index is -0.796. The number of carbonyl (C=O) groups excluding carboxylic acids is 1. The third-order valence-corrected chi connectivity index (χ3v) is 3.24. The van der Waals surface area contributed by atoms with Crippen LogP contribution < -0.4 is 5.32 Å². The molecule has 2 N–H and O–H groups in total. The van der Waals surface area contributed by atoms with Gasteiger partial charge < -0.3 is 10.4 Å². The van der Waals surface area contributed by atoms with E-state index in [1.807, 2.05) is 0 Å². The van der Waals surface area contributed by atoms with Crippen molar-refractivity contribution >= 4 is 11.6 Å². The predicted octanol–water partition coefficient (Wildman–Crippen LogP) is 2.11. The second-order valence-electron chi connectivity index (χ2n) is 4.75. The van der Waals surface area contributed by atoms with Gasteiger partial charge in [-0.1, -0.05) is 19.3 Å². The molecule has 17 heavy (non-hydrogen) atoms. The Morgan fingerprint density at radius 3 is 2.59 bits per heavy atom. The van der Waals surface area contributed by atoms with Gasteiger partial charge in [0.25, 0.3) is 0 Å². The lowest BCUT2D eigenvalue weighted by atomic mass is 9.82. The van der Waals surface area contributed by atoms with Gasteiger partial charge in [-0.25, -0.2) is 0 Å². The first-order valence-corrected chi connectivity index (χ1v) is 6.10. The maximum absolute atomic E-state index is 11.8. The number of hydrogen-bond donors (Lipinski definition) is 2. The van der Waals surface area contributed by atoms with Crippen LogP contribution in [0.3, 0.4) is 0 Å². The van der Waals surface area contributed by atoms with E-state index >= 15 is 0 Å². The minimum absolute atomic E-state index is 0.124. The van der Waals surface area contributed by atoms with Gasteiger partial charge in [0, 0.05) is 18.1 Å². The molecule has 0 saturated heterocycles. The first kappa shape index (κ1) is 12.0. The van der Waals surface area contributed by atoms with Gasteiger partial charge in [0.05, 0.1) is 12.0 Å². The van der Waals surface area contributed by atoms with Crippen molar-refractivity contribution in [2.45, 2.75) is 44.1 Å². The molecule has 0 bridgehead atoms. The van der Waals surface area contributed by atoms with Crippen molar-refractivity contribution in [3.8, 4) is 0 Å². The molecule has 4 nitrogen and oxygen atoms in total. The van der Waals surface area contributed by atoms with Gasteiger partial charge in [0.1, 0.15) is 0 Å². The molecular weight excluding hydrogens is 216 g/mol. The Kier molecular flexibility index (Phi) is 3.74. The Morgan fingerprint density at radius 2 is 1.94 bits per heavy atom. The van der Waals surface area contributed by atoms with E-state index in [0.29, 0.717) is 0 Å². The van der Waals surface area contributed by atoms with E-state index in [0.717, 1.165) is 37.8 Å². The van der Waals surface area contributed by atoms with Gasteiger partial charge in [0.2, 0.25) is 5.91 Å². The third-order valence-electron chi connectivity index (χ3n) is 3.24. The number of aromatic nitrogens is 1. The summed E-state index contributed by atoms with van der Waals surface area (Å²) in [5.74, 6) is -0.124. The highest BCUT2D eigenvalue weighted by Gasteiger charge is 2.31. The van der Waals surface area contributed by atoms with E-state index in [1.54, 1.807) is 24.5 Å². The van der Waals surface area contributed by atoms with Gasteiger partial charge in [-0.2, -0.15) is 0 Å². The molecule has 1 saturated carbocycles. The summed E-state index contributed by atoms with van der Waals surface area (Å²) in [4.78, 5) is 15.7. The molecule has 1 fully saturated rings. The lowest BCUT2D eigenvalue weighted by Gasteiger charge is -2.31. The number of nitrogens with one attached hydrogen (secondary N) is 1. The maximum Gasteiger partial charge on any atom is 0.227 e. The van der Waals surface area contributed by atoms with Crippen LogP contribution in [0.5, 0.6) is 0 Å². The molecule has 0 radical (unpaired) electrons. The van der Waals surface area contributed by atoms with Gasteiger partial charge in [-0.05, 0) is 25.0 Å². The van der Waals surface area contributed by atoms with Crippen LogP contribution in [0.4, 0.5) is 5.69 Å². The fourth-order valence-corrected chi connectivity index (χ4v) is 2.33. The molecule has 0 unspecified atom stereocenters. The highest BCUT2D eigenvalue weighted by Crippen LogP contribution is 2.30. The monoisotopic (exact) mass is 234 g/mol. The summed E-state index contributed by atoms with van der Waals surface area (Å²) >= 11 is 0. The topological polar surface area (TPSA) is 62.2 Å². The van der Waals surface area contributed by atoms with Crippen molar-refractivity contribution in [3.63, 3.8) is 0 Å². The number of rotatable bonds is 3. The zero-order valence-corrected chi connectivity index (χ0v) is 9.85. The van der Waals surface area contributed by atoms with Crippen molar-refractivity contribution in [3.05, 3.63) is 24.5 Å². The summed E-state index contributed by atoms with van der Waals surface area (Å²) in [5, 5.41) is 13.0. The van der Waals surface area contributed by atoms with Crippen molar-refractivity contribution in [1.29, 1.82) is 0 Å². The third kappa shape index (κ3) is 3.53.